The molecule has 18 heavy (non-hydrogen) atoms. The number of likely N-dealkylation sites (N-methyl/N-ethyl adjacent to an activating group) is 1. The first kappa shape index (κ1) is 15.2. The molecule has 0 aromatic carbocycles. The van der Waals surface area contributed by atoms with Crippen molar-refractivity contribution in [2.24, 2.45) is 0 Å². The van der Waals surface area contributed by atoms with Crippen LogP contribution in [0.2, 0.25) is 5.15 Å². The summed E-state index contributed by atoms with van der Waals surface area (Å²) in [5, 5.41) is 0.540. The van der Waals surface area contributed by atoms with E-state index in [2.05, 4.69) is 42.6 Å². The maximum absolute atomic E-state index is 6.20. The highest BCUT2D eigenvalue weighted by molar-refractivity contribution is 6.30. The average molecular weight is 272 g/mol. The Labute approximate surface area is 114 Å². The summed E-state index contributed by atoms with van der Waals surface area (Å²) in [5.74, 6) is 1.20. The van der Waals surface area contributed by atoms with E-state index < -0.39 is 0 Å². The van der Waals surface area contributed by atoms with Gasteiger partial charge < -0.3 is 9.64 Å². The van der Waals surface area contributed by atoms with Crippen LogP contribution < -0.4 is 4.90 Å². The van der Waals surface area contributed by atoms with Crippen LogP contribution in [0.25, 0.3) is 0 Å². The van der Waals surface area contributed by atoms with Gasteiger partial charge in [-0.3, -0.25) is 0 Å². The maximum atomic E-state index is 6.20. The van der Waals surface area contributed by atoms with E-state index in [0.717, 1.165) is 17.9 Å². The number of hydrogen-bond donors (Lipinski definition) is 0. The van der Waals surface area contributed by atoms with Gasteiger partial charge in [-0.15, -0.1) is 0 Å². The highest BCUT2D eigenvalue weighted by atomic mass is 35.5. The van der Waals surface area contributed by atoms with Crippen LogP contribution in [0.1, 0.15) is 39.2 Å². The number of halogens is 1. The Balaban J connectivity index is 3.16. The van der Waals surface area contributed by atoms with Crippen LogP contribution in [0.5, 0.6) is 0 Å². The zero-order valence-corrected chi connectivity index (χ0v) is 12.5. The van der Waals surface area contributed by atoms with Crippen molar-refractivity contribution in [2.75, 3.05) is 25.2 Å². The fraction of sp³-hybridized carbons (Fsp3) is 0.692. The molecule has 1 unspecified atom stereocenters. The van der Waals surface area contributed by atoms with Crippen molar-refractivity contribution in [3.8, 4) is 0 Å². The molecular weight excluding hydrogens is 250 g/mol. The summed E-state index contributed by atoms with van der Waals surface area (Å²) in [5.41, 5.74) is 1.00. The molecule has 0 radical (unpaired) electrons. The summed E-state index contributed by atoms with van der Waals surface area (Å²) in [4.78, 5) is 10.7. The summed E-state index contributed by atoms with van der Waals surface area (Å²) in [7, 11) is 1.71. The van der Waals surface area contributed by atoms with Gasteiger partial charge in [-0.1, -0.05) is 25.4 Å². The first-order chi connectivity index (χ1) is 8.52. The Morgan fingerprint density at radius 3 is 2.50 bits per heavy atom. The van der Waals surface area contributed by atoms with Crippen molar-refractivity contribution >= 4 is 17.4 Å². The topological polar surface area (TPSA) is 38.2 Å². The summed E-state index contributed by atoms with van der Waals surface area (Å²) >= 11 is 6.20. The zero-order chi connectivity index (χ0) is 13.7. The molecule has 1 aromatic heterocycles. The predicted octanol–water partition coefficient (Wildman–Crippen LogP) is 3.11. The number of ether oxygens (including phenoxy) is 1. The third-order valence-electron chi connectivity index (χ3n) is 2.94. The third kappa shape index (κ3) is 3.33. The fourth-order valence-corrected chi connectivity index (χ4v) is 2.44. The molecule has 0 amide bonds. The second kappa shape index (κ2) is 6.90. The van der Waals surface area contributed by atoms with Crippen LogP contribution in [0.3, 0.4) is 0 Å². The summed E-state index contributed by atoms with van der Waals surface area (Å²) in [6, 6.07) is 0.253. The van der Waals surface area contributed by atoms with Gasteiger partial charge >= 0.3 is 0 Å². The molecule has 1 heterocycles. The maximum Gasteiger partial charge on any atom is 0.138 e. The van der Waals surface area contributed by atoms with Gasteiger partial charge in [0, 0.05) is 19.2 Å². The molecule has 1 atom stereocenters. The van der Waals surface area contributed by atoms with Crippen LogP contribution >= 0.6 is 11.6 Å². The minimum absolute atomic E-state index is 0.253. The van der Waals surface area contributed by atoms with E-state index in [1.807, 2.05) is 0 Å². The highest BCUT2D eigenvalue weighted by Gasteiger charge is 2.21. The molecule has 0 aliphatic carbocycles. The molecule has 1 aromatic rings. The standard InChI is InChI=1S/C13H22ClN3O/c1-6-17(10(4)7-18-5)13-11(9(2)3)12(14)15-8-16-13/h8-10H,6-7H2,1-5H3. The van der Waals surface area contributed by atoms with Crippen molar-refractivity contribution in [1.82, 2.24) is 9.97 Å². The minimum Gasteiger partial charge on any atom is -0.383 e. The van der Waals surface area contributed by atoms with Gasteiger partial charge in [-0.25, -0.2) is 9.97 Å². The molecule has 102 valence electrons. The lowest BCUT2D eigenvalue weighted by atomic mass is 10.0. The van der Waals surface area contributed by atoms with Crippen LogP contribution in [0.4, 0.5) is 5.82 Å². The second-order valence-corrected chi connectivity index (χ2v) is 5.00. The molecule has 0 aliphatic heterocycles. The largest absolute Gasteiger partial charge is 0.383 e. The van der Waals surface area contributed by atoms with E-state index in [9.17, 15) is 0 Å². The Bertz CT molecular complexity index is 384. The predicted molar refractivity (Wildman–Crippen MR) is 75.5 cm³/mol. The zero-order valence-electron chi connectivity index (χ0n) is 11.8. The van der Waals surface area contributed by atoms with E-state index in [4.69, 9.17) is 16.3 Å². The average Bonchev–Trinajstić information content (AvgIpc) is 2.29. The lowest BCUT2D eigenvalue weighted by Crippen LogP contribution is -2.37. The SMILES string of the molecule is CCN(c1ncnc(Cl)c1C(C)C)C(C)COC. The van der Waals surface area contributed by atoms with Crippen LogP contribution in [-0.2, 0) is 4.74 Å². The Hall–Kier alpha value is -0.870. The lowest BCUT2D eigenvalue weighted by molar-refractivity contribution is 0.181. The normalized spacial score (nSPS) is 12.8. The summed E-state index contributed by atoms with van der Waals surface area (Å²) in [6.07, 6.45) is 1.52. The fourth-order valence-electron chi connectivity index (χ4n) is 2.09. The van der Waals surface area contributed by atoms with Gasteiger partial charge in [-0.05, 0) is 19.8 Å². The summed E-state index contributed by atoms with van der Waals surface area (Å²) < 4.78 is 5.22. The van der Waals surface area contributed by atoms with Crippen molar-refractivity contribution in [3.63, 3.8) is 0 Å². The summed E-state index contributed by atoms with van der Waals surface area (Å²) in [6.45, 7) is 9.94. The number of methoxy groups -OCH3 is 1. The van der Waals surface area contributed by atoms with Crippen molar-refractivity contribution in [1.29, 1.82) is 0 Å². The second-order valence-electron chi connectivity index (χ2n) is 4.65. The van der Waals surface area contributed by atoms with Crippen LogP contribution in [0.15, 0.2) is 6.33 Å². The molecule has 0 saturated heterocycles. The Morgan fingerprint density at radius 2 is 2.00 bits per heavy atom. The minimum atomic E-state index is 0.253. The number of aromatic nitrogens is 2. The van der Waals surface area contributed by atoms with Crippen molar-refractivity contribution in [3.05, 3.63) is 17.0 Å². The number of anilines is 1. The molecular formula is C13H22ClN3O. The number of nitrogens with zero attached hydrogens (tertiary/aromatic N) is 3. The Kier molecular flexibility index (Phi) is 5.82. The van der Waals surface area contributed by atoms with E-state index in [1.165, 1.54) is 6.33 Å². The molecule has 0 fully saturated rings. The first-order valence-corrected chi connectivity index (χ1v) is 6.66. The van der Waals surface area contributed by atoms with Gasteiger partial charge in [0.05, 0.1) is 12.6 Å². The molecule has 0 aliphatic rings. The van der Waals surface area contributed by atoms with Gasteiger partial charge in [0.15, 0.2) is 0 Å². The molecule has 0 bridgehead atoms. The number of hydrogen-bond acceptors (Lipinski definition) is 4. The monoisotopic (exact) mass is 271 g/mol. The van der Waals surface area contributed by atoms with Crippen LogP contribution in [-0.4, -0.2) is 36.3 Å². The van der Waals surface area contributed by atoms with Gasteiger partial charge in [0.1, 0.15) is 17.3 Å². The van der Waals surface area contributed by atoms with Gasteiger partial charge in [0.25, 0.3) is 0 Å². The molecule has 0 N–H and O–H groups in total. The smallest absolute Gasteiger partial charge is 0.138 e. The molecule has 1 rings (SSSR count). The first-order valence-electron chi connectivity index (χ1n) is 6.28. The number of rotatable bonds is 6. The lowest BCUT2D eigenvalue weighted by Gasteiger charge is -2.31. The van der Waals surface area contributed by atoms with E-state index in [0.29, 0.717) is 11.8 Å². The molecule has 4 nitrogen and oxygen atoms in total. The van der Waals surface area contributed by atoms with Crippen molar-refractivity contribution < 1.29 is 4.74 Å². The van der Waals surface area contributed by atoms with Crippen LogP contribution in [0, 0.1) is 0 Å². The highest BCUT2D eigenvalue weighted by Crippen LogP contribution is 2.31. The third-order valence-corrected chi connectivity index (χ3v) is 3.25. The van der Waals surface area contributed by atoms with E-state index >= 15 is 0 Å². The van der Waals surface area contributed by atoms with Crippen molar-refractivity contribution in [2.45, 2.75) is 39.7 Å². The molecule has 0 spiro atoms. The van der Waals surface area contributed by atoms with Gasteiger partial charge in [0.2, 0.25) is 0 Å². The molecule has 0 saturated carbocycles. The van der Waals surface area contributed by atoms with E-state index in [1.54, 1.807) is 7.11 Å². The quantitative estimate of drug-likeness (QED) is 0.745. The Morgan fingerprint density at radius 1 is 1.33 bits per heavy atom. The molecule has 5 heteroatoms. The van der Waals surface area contributed by atoms with E-state index in [-0.39, 0.29) is 12.0 Å². The van der Waals surface area contributed by atoms with Gasteiger partial charge in [-0.2, -0.15) is 0 Å².